The summed E-state index contributed by atoms with van der Waals surface area (Å²) in [5.41, 5.74) is 5.61. The lowest BCUT2D eigenvalue weighted by molar-refractivity contribution is -0.140. The number of hydrogen-bond donors (Lipinski definition) is 2. The highest BCUT2D eigenvalue weighted by atomic mass is 19.1. The average molecular weight is 254 g/mol. The summed E-state index contributed by atoms with van der Waals surface area (Å²) < 4.78 is 13.0. The van der Waals surface area contributed by atoms with Gasteiger partial charge in [0.15, 0.2) is 0 Å². The molecule has 0 aromatic heterocycles. The number of nitrogens with two attached hydrogens (primary N) is 1. The normalized spacial score (nSPS) is 11.9. The van der Waals surface area contributed by atoms with Crippen LogP contribution in [0.3, 0.4) is 0 Å². The van der Waals surface area contributed by atoms with E-state index < -0.39 is 23.6 Å². The minimum absolute atomic E-state index is 0.0371. The zero-order chi connectivity index (χ0) is 13.9. The van der Waals surface area contributed by atoms with Crippen molar-refractivity contribution >= 4 is 17.6 Å². The van der Waals surface area contributed by atoms with E-state index in [2.05, 4.69) is 0 Å². The third-order valence-corrected chi connectivity index (χ3v) is 2.60. The van der Waals surface area contributed by atoms with Gasteiger partial charge in [-0.05, 0) is 18.2 Å². The van der Waals surface area contributed by atoms with Crippen LogP contribution in [0.25, 0.3) is 0 Å². The Morgan fingerprint density at radius 3 is 2.61 bits per heavy atom. The predicted molar refractivity (Wildman–Crippen MR) is 65.0 cm³/mol. The molecule has 0 spiro atoms. The van der Waals surface area contributed by atoms with Gasteiger partial charge in [-0.2, -0.15) is 0 Å². The molecule has 0 aliphatic rings. The van der Waals surface area contributed by atoms with Crippen molar-refractivity contribution in [1.29, 1.82) is 0 Å². The first-order chi connectivity index (χ1) is 8.32. The zero-order valence-electron chi connectivity index (χ0n) is 10.2. The van der Waals surface area contributed by atoms with Gasteiger partial charge >= 0.3 is 5.97 Å². The van der Waals surface area contributed by atoms with E-state index in [1.807, 2.05) is 0 Å². The lowest BCUT2D eigenvalue weighted by Crippen LogP contribution is -2.30. The number of carbonyl (C=O) groups excluding carboxylic acids is 1. The van der Waals surface area contributed by atoms with Gasteiger partial charge in [-0.1, -0.05) is 6.92 Å². The molecule has 0 aliphatic heterocycles. The SMILES string of the molecule is CC(CN(C)c1ccc(F)cc1C(N)=O)C(=O)O. The standard InChI is InChI=1S/C12H15FN2O3/c1-7(12(17)18)6-15(2)10-4-3-8(13)5-9(10)11(14)16/h3-5,7H,6H2,1-2H3,(H2,14,16)(H,17,18). The molecule has 1 rings (SSSR count). The van der Waals surface area contributed by atoms with Gasteiger partial charge < -0.3 is 15.7 Å². The van der Waals surface area contributed by atoms with Crippen LogP contribution in [0.15, 0.2) is 18.2 Å². The smallest absolute Gasteiger partial charge is 0.308 e. The summed E-state index contributed by atoms with van der Waals surface area (Å²) in [5.74, 6) is -2.86. The molecule has 5 nitrogen and oxygen atoms in total. The predicted octanol–water partition coefficient (Wildman–Crippen LogP) is 1.08. The minimum Gasteiger partial charge on any atom is -0.481 e. The van der Waals surface area contributed by atoms with Crippen LogP contribution in [0.4, 0.5) is 10.1 Å². The first-order valence-corrected chi connectivity index (χ1v) is 5.36. The van der Waals surface area contributed by atoms with E-state index >= 15 is 0 Å². The van der Waals surface area contributed by atoms with E-state index in [1.165, 1.54) is 12.1 Å². The summed E-state index contributed by atoms with van der Waals surface area (Å²) in [7, 11) is 1.62. The Bertz CT molecular complexity index is 476. The summed E-state index contributed by atoms with van der Waals surface area (Å²) in [4.78, 5) is 23.5. The maximum atomic E-state index is 13.0. The maximum Gasteiger partial charge on any atom is 0.308 e. The number of rotatable bonds is 5. The number of aliphatic carboxylic acids is 1. The van der Waals surface area contributed by atoms with Crippen molar-refractivity contribution in [3.63, 3.8) is 0 Å². The number of benzene rings is 1. The number of carboxylic acids is 1. The number of amides is 1. The molecule has 3 N–H and O–H groups in total. The zero-order valence-corrected chi connectivity index (χ0v) is 10.2. The van der Waals surface area contributed by atoms with E-state index in [4.69, 9.17) is 10.8 Å². The second-order valence-corrected chi connectivity index (χ2v) is 4.15. The molecule has 0 aliphatic carbocycles. The van der Waals surface area contributed by atoms with Crippen molar-refractivity contribution < 1.29 is 19.1 Å². The van der Waals surface area contributed by atoms with Crippen LogP contribution in [0, 0.1) is 11.7 Å². The summed E-state index contributed by atoms with van der Waals surface area (Å²) in [6, 6.07) is 3.65. The van der Waals surface area contributed by atoms with Gasteiger partial charge in [0.25, 0.3) is 5.91 Å². The Morgan fingerprint density at radius 2 is 2.11 bits per heavy atom. The van der Waals surface area contributed by atoms with E-state index in [1.54, 1.807) is 18.9 Å². The fourth-order valence-electron chi connectivity index (χ4n) is 1.63. The molecule has 1 amide bonds. The fourth-order valence-corrected chi connectivity index (χ4v) is 1.63. The number of carboxylic acid groups (broad SMARTS) is 1. The van der Waals surface area contributed by atoms with Crippen LogP contribution in [0.1, 0.15) is 17.3 Å². The number of primary amides is 1. The van der Waals surface area contributed by atoms with Gasteiger partial charge in [-0.3, -0.25) is 9.59 Å². The Balaban J connectivity index is 3.01. The summed E-state index contributed by atoms with van der Waals surface area (Å²) in [5, 5.41) is 8.82. The molecule has 18 heavy (non-hydrogen) atoms. The Labute approximate surface area is 104 Å². The lowest BCUT2D eigenvalue weighted by Gasteiger charge is -2.23. The molecule has 1 unspecified atom stereocenters. The minimum atomic E-state index is -0.940. The van der Waals surface area contributed by atoms with Gasteiger partial charge in [0.05, 0.1) is 11.5 Å². The van der Waals surface area contributed by atoms with Gasteiger partial charge in [0.2, 0.25) is 0 Å². The van der Waals surface area contributed by atoms with E-state index in [0.29, 0.717) is 5.69 Å². The first-order valence-electron chi connectivity index (χ1n) is 5.36. The molecule has 0 saturated heterocycles. The van der Waals surface area contributed by atoms with Crippen LogP contribution < -0.4 is 10.6 Å². The molecular formula is C12H15FN2O3. The number of halogens is 1. The Kier molecular flexibility index (Phi) is 4.25. The highest BCUT2D eigenvalue weighted by Crippen LogP contribution is 2.21. The molecule has 6 heteroatoms. The van der Waals surface area contributed by atoms with Gasteiger partial charge in [0, 0.05) is 19.3 Å². The monoisotopic (exact) mass is 254 g/mol. The topological polar surface area (TPSA) is 83.6 Å². The molecule has 1 aromatic carbocycles. The van der Waals surface area contributed by atoms with E-state index in [0.717, 1.165) is 6.07 Å². The molecule has 1 aromatic rings. The van der Waals surface area contributed by atoms with Crippen molar-refractivity contribution in [1.82, 2.24) is 0 Å². The third-order valence-electron chi connectivity index (χ3n) is 2.60. The summed E-state index contributed by atoms with van der Waals surface area (Å²) >= 11 is 0. The highest BCUT2D eigenvalue weighted by molar-refractivity contribution is 5.98. The molecule has 1 atom stereocenters. The lowest BCUT2D eigenvalue weighted by atomic mass is 10.1. The number of hydrogen-bond acceptors (Lipinski definition) is 3. The second-order valence-electron chi connectivity index (χ2n) is 4.15. The van der Waals surface area contributed by atoms with Crippen molar-refractivity contribution in [3.8, 4) is 0 Å². The quantitative estimate of drug-likeness (QED) is 0.823. The fraction of sp³-hybridized carbons (Fsp3) is 0.333. The first kappa shape index (κ1) is 14.0. The van der Waals surface area contributed by atoms with Crippen molar-refractivity contribution in [2.75, 3.05) is 18.5 Å². The van der Waals surface area contributed by atoms with Gasteiger partial charge in [0.1, 0.15) is 5.82 Å². The molecular weight excluding hydrogens is 239 g/mol. The van der Waals surface area contributed by atoms with Gasteiger partial charge in [-0.25, -0.2) is 4.39 Å². The van der Waals surface area contributed by atoms with Crippen LogP contribution in [-0.2, 0) is 4.79 Å². The molecule has 0 heterocycles. The van der Waals surface area contributed by atoms with Crippen LogP contribution >= 0.6 is 0 Å². The Morgan fingerprint density at radius 1 is 1.50 bits per heavy atom. The molecule has 0 bridgehead atoms. The Hall–Kier alpha value is -2.11. The molecule has 0 saturated carbocycles. The van der Waals surface area contributed by atoms with Crippen molar-refractivity contribution in [2.45, 2.75) is 6.92 Å². The second kappa shape index (κ2) is 5.48. The van der Waals surface area contributed by atoms with Crippen molar-refractivity contribution in [3.05, 3.63) is 29.6 Å². The molecule has 98 valence electrons. The summed E-state index contributed by atoms with van der Waals surface area (Å²) in [6.45, 7) is 1.74. The number of carbonyl (C=O) groups is 2. The van der Waals surface area contributed by atoms with E-state index in [9.17, 15) is 14.0 Å². The molecule has 0 fully saturated rings. The average Bonchev–Trinajstić information content (AvgIpc) is 2.28. The maximum absolute atomic E-state index is 13.0. The van der Waals surface area contributed by atoms with Crippen LogP contribution in [0.2, 0.25) is 0 Å². The largest absolute Gasteiger partial charge is 0.481 e. The third kappa shape index (κ3) is 3.19. The molecule has 0 radical (unpaired) electrons. The van der Waals surface area contributed by atoms with Gasteiger partial charge in [-0.15, -0.1) is 0 Å². The van der Waals surface area contributed by atoms with Crippen LogP contribution in [0.5, 0.6) is 0 Å². The highest BCUT2D eigenvalue weighted by Gasteiger charge is 2.18. The number of nitrogens with zero attached hydrogens (tertiary/aromatic N) is 1. The summed E-state index contributed by atoms with van der Waals surface area (Å²) in [6.07, 6.45) is 0. The van der Waals surface area contributed by atoms with E-state index in [-0.39, 0.29) is 12.1 Å². The van der Waals surface area contributed by atoms with Crippen LogP contribution in [-0.4, -0.2) is 30.6 Å². The van der Waals surface area contributed by atoms with Crippen molar-refractivity contribution in [2.24, 2.45) is 11.7 Å². The number of anilines is 1.